The van der Waals surface area contributed by atoms with Crippen LogP contribution in [0.5, 0.6) is 5.75 Å². The lowest BCUT2D eigenvalue weighted by Gasteiger charge is -2.31. The Morgan fingerprint density at radius 3 is 2.74 bits per heavy atom. The van der Waals surface area contributed by atoms with Crippen molar-refractivity contribution in [1.29, 1.82) is 0 Å². The summed E-state index contributed by atoms with van der Waals surface area (Å²) in [5.74, 6) is 0.0758. The normalized spacial score (nSPS) is 30.1. The Labute approximate surface area is 161 Å². The number of amides is 1. The van der Waals surface area contributed by atoms with Crippen LogP contribution >= 0.6 is 0 Å². The molecule has 1 aromatic rings. The molecule has 1 spiro atoms. The Morgan fingerprint density at radius 2 is 2.19 bits per heavy atom. The number of methoxy groups -OCH3 is 1. The molecule has 3 rings (SSSR count). The van der Waals surface area contributed by atoms with Gasteiger partial charge in [-0.15, -0.1) is 6.58 Å². The van der Waals surface area contributed by atoms with E-state index in [1.165, 1.54) is 0 Å². The molecule has 27 heavy (non-hydrogen) atoms. The van der Waals surface area contributed by atoms with Gasteiger partial charge < -0.3 is 23.6 Å². The van der Waals surface area contributed by atoms with Crippen LogP contribution in [0.2, 0.25) is 18.6 Å². The maximum Gasteiger partial charge on any atom is 0.264 e. The van der Waals surface area contributed by atoms with Gasteiger partial charge in [0.15, 0.2) is 5.60 Å². The number of carbonyl (C=O) groups excluding carboxylic acids is 1. The standard InChI is InChI=1S/C20H28FNO4Si/c1-6-10-22-16-8-7-14(25-3)12-15(16)20(19(22)24)13(2)18(27(4,5)21)17(26-20)9-11-23/h6-8,12-13,17-18,23H,1,9-11H2,2-5H3/t13-,17+,18-,20+/m0/s1. The Balaban J connectivity index is 2.19. The molecule has 4 atom stereocenters. The summed E-state index contributed by atoms with van der Waals surface area (Å²) >= 11 is 0. The van der Waals surface area contributed by atoms with E-state index < -0.39 is 25.7 Å². The molecule has 5 nitrogen and oxygen atoms in total. The van der Waals surface area contributed by atoms with Gasteiger partial charge in [0.05, 0.1) is 18.9 Å². The number of benzene rings is 1. The maximum atomic E-state index is 15.3. The molecule has 1 aromatic carbocycles. The zero-order chi connectivity index (χ0) is 20.0. The fourth-order valence-corrected chi connectivity index (χ4v) is 7.40. The van der Waals surface area contributed by atoms with Crippen LogP contribution in [0, 0.1) is 5.92 Å². The number of fused-ring (bicyclic) bond motifs is 2. The minimum atomic E-state index is -3.15. The molecule has 1 saturated heterocycles. The van der Waals surface area contributed by atoms with E-state index in [1.807, 2.05) is 19.1 Å². The Bertz CT molecular complexity index is 750. The first kappa shape index (κ1) is 20.0. The van der Waals surface area contributed by atoms with Crippen molar-refractivity contribution < 1.29 is 23.5 Å². The van der Waals surface area contributed by atoms with E-state index in [-0.39, 0.29) is 18.4 Å². The number of halogens is 1. The fraction of sp³-hybridized carbons (Fsp3) is 0.550. The van der Waals surface area contributed by atoms with E-state index in [4.69, 9.17) is 9.47 Å². The van der Waals surface area contributed by atoms with Gasteiger partial charge in [0.1, 0.15) is 5.75 Å². The molecule has 0 aliphatic carbocycles. The van der Waals surface area contributed by atoms with E-state index in [0.29, 0.717) is 24.3 Å². The van der Waals surface area contributed by atoms with Crippen LogP contribution in [-0.4, -0.2) is 45.8 Å². The van der Waals surface area contributed by atoms with E-state index in [1.54, 1.807) is 37.2 Å². The SMILES string of the molecule is C=CCN1C(=O)[C@]2(O[C@H](CCO)[C@@H]([Si](C)(C)F)[C@@H]2C)c2cc(OC)ccc21. The smallest absolute Gasteiger partial charge is 0.264 e. The fourth-order valence-electron chi connectivity index (χ4n) is 4.86. The van der Waals surface area contributed by atoms with Crippen molar-refractivity contribution in [3.63, 3.8) is 0 Å². The zero-order valence-electron chi connectivity index (χ0n) is 16.4. The van der Waals surface area contributed by atoms with Crippen LogP contribution in [0.25, 0.3) is 0 Å². The molecule has 1 N–H and O–H groups in total. The Kier molecular flexibility index (Phi) is 5.22. The van der Waals surface area contributed by atoms with Crippen LogP contribution in [0.3, 0.4) is 0 Å². The molecule has 2 heterocycles. The van der Waals surface area contributed by atoms with E-state index in [9.17, 15) is 9.90 Å². The van der Waals surface area contributed by atoms with Crippen molar-refractivity contribution in [3.05, 3.63) is 36.4 Å². The number of ether oxygens (including phenoxy) is 2. The number of aliphatic hydroxyl groups excluding tert-OH is 1. The lowest BCUT2D eigenvalue weighted by Crippen LogP contribution is -2.45. The monoisotopic (exact) mass is 393 g/mol. The molecule has 0 saturated carbocycles. The van der Waals surface area contributed by atoms with Crippen molar-refractivity contribution in [2.75, 3.05) is 25.2 Å². The number of hydrogen-bond acceptors (Lipinski definition) is 4. The number of nitrogens with zero attached hydrogens (tertiary/aromatic N) is 1. The third-order valence-electron chi connectivity index (χ3n) is 5.89. The lowest BCUT2D eigenvalue weighted by atomic mass is 9.82. The van der Waals surface area contributed by atoms with Gasteiger partial charge in [-0.25, -0.2) is 0 Å². The van der Waals surface area contributed by atoms with Crippen LogP contribution in [-0.2, 0) is 15.1 Å². The van der Waals surface area contributed by atoms with Gasteiger partial charge in [0, 0.05) is 30.2 Å². The first-order valence-electron chi connectivity index (χ1n) is 9.31. The molecular formula is C20H28FNO4Si. The predicted molar refractivity (Wildman–Crippen MR) is 105 cm³/mol. The first-order valence-corrected chi connectivity index (χ1v) is 12.3. The summed E-state index contributed by atoms with van der Waals surface area (Å²) in [6.07, 6.45) is 1.48. The molecular weight excluding hydrogens is 365 g/mol. The highest BCUT2D eigenvalue weighted by atomic mass is 28.4. The van der Waals surface area contributed by atoms with Crippen molar-refractivity contribution in [1.82, 2.24) is 0 Å². The molecule has 0 aromatic heterocycles. The number of aliphatic hydroxyl groups is 1. The molecule has 0 unspecified atom stereocenters. The molecule has 2 aliphatic rings. The van der Waals surface area contributed by atoms with E-state index >= 15 is 4.11 Å². The van der Waals surface area contributed by atoms with Crippen LogP contribution in [0.4, 0.5) is 9.80 Å². The summed E-state index contributed by atoms with van der Waals surface area (Å²) in [4.78, 5) is 15.2. The van der Waals surface area contributed by atoms with Gasteiger partial charge in [-0.2, -0.15) is 0 Å². The maximum absolute atomic E-state index is 15.3. The third kappa shape index (κ3) is 2.92. The van der Waals surface area contributed by atoms with Gasteiger partial charge in [0.2, 0.25) is 8.41 Å². The zero-order valence-corrected chi connectivity index (χ0v) is 17.4. The van der Waals surface area contributed by atoms with Gasteiger partial charge in [-0.3, -0.25) is 4.79 Å². The van der Waals surface area contributed by atoms with Gasteiger partial charge >= 0.3 is 0 Å². The summed E-state index contributed by atoms with van der Waals surface area (Å²) in [6, 6.07) is 5.46. The van der Waals surface area contributed by atoms with Crippen molar-refractivity contribution in [2.45, 2.75) is 43.7 Å². The quantitative estimate of drug-likeness (QED) is 0.457. The van der Waals surface area contributed by atoms with Crippen LogP contribution in [0.15, 0.2) is 30.9 Å². The topological polar surface area (TPSA) is 59.0 Å². The summed E-state index contributed by atoms with van der Waals surface area (Å²) < 4.78 is 27.0. The molecule has 1 amide bonds. The summed E-state index contributed by atoms with van der Waals surface area (Å²) in [5, 5.41) is 9.49. The van der Waals surface area contributed by atoms with E-state index in [0.717, 1.165) is 5.69 Å². The number of carbonyl (C=O) groups is 1. The average molecular weight is 394 g/mol. The minimum Gasteiger partial charge on any atom is -0.497 e. The molecule has 7 heteroatoms. The molecule has 148 valence electrons. The van der Waals surface area contributed by atoms with Gasteiger partial charge in [-0.05, 0) is 37.7 Å². The molecule has 0 bridgehead atoms. The summed E-state index contributed by atoms with van der Waals surface area (Å²) in [7, 11) is -1.58. The number of rotatable bonds is 6. The van der Waals surface area contributed by atoms with Crippen molar-refractivity contribution >= 4 is 20.0 Å². The average Bonchev–Trinajstić information content (AvgIpc) is 3.03. The first-order chi connectivity index (χ1) is 12.7. The third-order valence-corrected chi connectivity index (χ3v) is 8.35. The number of anilines is 1. The molecule has 0 radical (unpaired) electrons. The van der Waals surface area contributed by atoms with Crippen LogP contribution < -0.4 is 9.64 Å². The van der Waals surface area contributed by atoms with Gasteiger partial charge in [0.25, 0.3) is 5.91 Å². The minimum absolute atomic E-state index is 0.107. The predicted octanol–water partition coefficient (Wildman–Crippen LogP) is 3.39. The molecule has 2 aliphatic heterocycles. The van der Waals surface area contributed by atoms with Crippen molar-refractivity contribution in [2.24, 2.45) is 5.92 Å². The highest BCUT2D eigenvalue weighted by Gasteiger charge is 2.66. The largest absolute Gasteiger partial charge is 0.497 e. The van der Waals surface area contributed by atoms with Crippen LogP contribution in [0.1, 0.15) is 18.9 Å². The lowest BCUT2D eigenvalue weighted by molar-refractivity contribution is -0.146. The summed E-state index contributed by atoms with van der Waals surface area (Å²) in [6.45, 7) is 9.19. The highest BCUT2D eigenvalue weighted by molar-refractivity contribution is 6.72. The highest BCUT2D eigenvalue weighted by Crippen LogP contribution is 2.60. The van der Waals surface area contributed by atoms with Crippen molar-refractivity contribution in [3.8, 4) is 5.75 Å². The van der Waals surface area contributed by atoms with Gasteiger partial charge in [-0.1, -0.05) is 13.0 Å². The summed E-state index contributed by atoms with van der Waals surface area (Å²) in [5.41, 5.74) is -0.191. The number of hydrogen-bond donors (Lipinski definition) is 1. The Morgan fingerprint density at radius 1 is 1.48 bits per heavy atom. The second kappa shape index (κ2) is 7.03. The second-order valence-electron chi connectivity index (χ2n) is 7.87. The molecule has 1 fully saturated rings. The van der Waals surface area contributed by atoms with E-state index in [2.05, 4.69) is 6.58 Å². The Hall–Kier alpha value is -1.70. The second-order valence-corrected chi connectivity index (χ2v) is 11.7.